The van der Waals surface area contributed by atoms with Crippen LogP contribution in [0.3, 0.4) is 0 Å². The van der Waals surface area contributed by atoms with Crippen LogP contribution in [0.4, 0.5) is 11.5 Å². The fourth-order valence-electron chi connectivity index (χ4n) is 4.06. The number of pyridine rings is 1. The SMILES string of the molecule is CCOc1ccc(Nc2cc(C(=O)NC3CCCCCC3)c3ccccc3n2)cc1. The number of rotatable bonds is 6. The number of aromatic nitrogens is 1. The summed E-state index contributed by atoms with van der Waals surface area (Å²) < 4.78 is 5.50. The van der Waals surface area contributed by atoms with Gasteiger partial charge in [0.25, 0.3) is 5.91 Å². The molecule has 5 nitrogen and oxygen atoms in total. The Balaban J connectivity index is 1.59. The largest absolute Gasteiger partial charge is 0.494 e. The first-order chi connectivity index (χ1) is 14.7. The number of carbonyl (C=O) groups is 1. The van der Waals surface area contributed by atoms with Crippen LogP contribution in [0, 0.1) is 0 Å². The van der Waals surface area contributed by atoms with Crippen LogP contribution < -0.4 is 15.4 Å². The molecule has 4 rings (SSSR count). The van der Waals surface area contributed by atoms with Crippen molar-refractivity contribution in [3.63, 3.8) is 0 Å². The molecule has 156 valence electrons. The van der Waals surface area contributed by atoms with Gasteiger partial charge >= 0.3 is 0 Å². The molecule has 0 radical (unpaired) electrons. The number of nitrogens with one attached hydrogen (secondary N) is 2. The molecule has 30 heavy (non-hydrogen) atoms. The molecule has 0 aliphatic heterocycles. The smallest absolute Gasteiger partial charge is 0.252 e. The summed E-state index contributed by atoms with van der Waals surface area (Å²) in [5, 5.41) is 7.47. The monoisotopic (exact) mass is 403 g/mol. The van der Waals surface area contributed by atoms with Crippen molar-refractivity contribution >= 4 is 28.3 Å². The van der Waals surface area contributed by atoms with Gasteiger partial charge in [-0.25, -0.2) is 4.98 Å². The lowest BCUT2D eigenvalue weighted by atomic mass is 10.1. The maximum atomic E-state index is 13.2. The Kier molecular flexibility index (Phi) is 6.47. The molecule has 1 fully saturated rings. The minimum atomic E-state index is -0.0183. The van der Waals surface area contributed by atoms with E-state index in [4.69, 9.17) is 9.72 Å². The molecule has 0 bridgehead atoms. The Hall–Kier alpha value is -3.08. The summed E-state index contributed by atoms with van der Waals surface area (Å²) in [6, 6.07) is 17.7. The van der Waals surface area contributed by atoms with Crippen LogP contribution >= 0.6 is 0 Å². The van der Waals surface area contributed by atoms with E-state index in [0.717, 1.165) is 35.2 Å². The normalized spacial score (nSPS) is 14.8. The molecular formula is C25H29N3O2. The van der Waals surface area contributed by atoms with E-state index in [-0.39, 0.29) is 11.9 Å². The van der Waals surface area contributed by atoms with Gasteiger partial charge in [0.2, 0.25) is 0 Å². The number of benzene rings is 2. The van der Waals surface area contributed by atoms with Gasteiger partial charge < -0.3 is 15.4 Å². The van der Waals surface area contributed by atoms with E-state index in [0.29, 0.717) is 18.0 Å². The van der Waals surface area contributed by atoms with Gasteiger partial charge in [0, 0.05) is 17.1 Å². The van der Waals surface area contributed by atoms with E-state index in [2.05, 4.69) is 10.6 Å². The van der Waals surface area contributed by atoms with Crippen LogP contribution in [0.25, 0.3) is 10.9 Å². The molecule has 0 unspecified atom stereocenters. The Labute approximate surface area is 177 Å². The lowest BCUT2D eigenvalue weighted by Crippen LogP contribution is -2.34. The van der Waals surface area contributed by atoms with Gasteiger partial charge in [-0.3, -0.25) is 4.79 Å². The van der Waals surface area contributed by atoms with Crippen LogP contribution in [0.15, 0.2) is 54.6 Å². The molecule has 2 aromatic carbocycles. The number of hydrogen-bond donors (Lipinski definition) is 2. The molecule has 5 heteroatoms. The van der Waals surface area contributed by atoms with E-state index >= 15 is 0 Å². The molecule has 1 heterocycles. The number of ether oxygens (including phenoxy) is 1. The lowest BCUT2D eigenvalue weighted by molar-refractivity contribution is 0.0935. The second kappa shape index (κ2) is 9.61. The molecule has 3 aromatic rings. The van der Waals surface area contributed by atoms with Gasteiger partial charge in [-0.15, -0.1) is 0 Å². The topological polar surface area (TPSA) is 63.2 Å². The second-order valence-electron chi connectivity index (χ2n) is 7.82. The third-order valence-electron chi connectivity index (χ3n) is 5.59. The minimum Gasteiger partial charge on any atom is -0.494 e. The van der Waals surface area contributed by atoms with Gasteiger partial charge in [-0.2, -0.15) is 0 Å². The third kappa shape index (κ3) is 4.90. The van der Waals surface area contributed by atoms with Crippen molar-refractivity contribution in [1.29, 1.82) is 0 Å². The summed E-state index contributed by atoms with van der Waals surface area (Å²) in [6.45, 7) is 2.60. The van der Waals surface area contributed by atoms with E-state index in [9.17, 15) is 4.79 Å². The Morgan fingerprint density at radius 2 is 1.77 bits per heavy atom. The Bertz CT molecular complexity index is 993. The second-order valence-corrected chi connectivity index (χ2v) is 7.82. The molecule has 2 N–H and O–H groups in total. The lowest BCUT2D eigenvalue weighted by Gasteiger charge is -2.18. The van der Waals surface area contributed by atoms with Crippen LogP contribution in [0.1, 0.15) is 55.8 Å². The van der Waals surface area contributed by atoms with Crippen molar-refractivity contribution in [3.8, 4) is 5.75 Å². The summed E-state index contributed by atoms with van der Waals surface area (Å²) >= 11 is 0. The number of amides is 1. The van der Waals surface area contributed by atoms with Crippen LogP contribution in [-0.4, -0.2) is 23.5 Å². The van der Waals surface area contributed by atoms with Crippen molar-refractivity contribution in [1.82, 2.24) is 10.3 Å². The Morgan fingerprint density at radius 1 is 1.03 bits per heavy atom. The molecule has 1 aromatic heterocycles. The number of nitrogens with zero attached hydrogens (tertiary/aromatic N) is 1. The van der Waals surface area contributed by atoms with Gasteiger partial charge in [0.05, 0.1) is 17.7 Å². The van der Waals surface area contributed by atoms with Crippen molar-refractivity contribution < 1.29 is 9.53 Å². The first-order valence-electron chi connectivity index (χ1n) is 10.9. The fraction of sp³-hybridized carbons (Fsp3) is 0.360. The highest BCUT2D eigenvalue weighted by atomic mass is 16.5. The van der Waals surface area contributed by atoms with Gasteiger partial charge in [-0.1, -0.05) is 43.9 Å². The number of carbonyl (C=O) groups excluding carboxylic acids is 1. The number of fused-ring (bicyclic) bond motifs is 1. The molecule has 0 saturated heterocycles. The summed E-state index contributed by atoms with van der Waals surface area (Å²) in [7, 11) is 0. The van der Waals surface area contributed by atoms with Crippen molar-refractivity contribution in [3.05, 3.63) is 60.2 Å². The fourth-order valence-corrected chi connectivity index (χ4v) is 4.06. The highest BCUT2D eigenvalue weighted by Gasteiger charge is 2.18. The molecule has 0 spiro atoms. The van der Waals surface area contributed by atoms with Crippen LogP contribution in [-0.2, 0) is 0 Å². The highest BCUT2D eigenvalue weighted by molar-refractivity contribution is 6.07. The zero-order chi connectivity index (χ0) is 20.8. The van der Waals surface area contributed by atoms with E-state index in [1.165, 1.54) is 25.7 Å². The van der Waals surface area contributed by atoms with Crippen molar-refractivity contribution in [2.24, 2.45) is 0 Å². The van der Waals surface area contributed by atoms with Crippen LogP contribution in [0.2, 0.25) is 0 Å². The van der Waals surface area contributed by atoms with Crippen molar-refractivity contribution in [2.75, 3.05) is 11.9 Å². The average Bonchev–Trinajstić information content (AvgIpc) is 3.03. The molecule has 0 atom stereocenters. The predicted octanol–water partition coefficient (Wildman–Crippen LogP) is 5.83. The summed E-state index contributed by atoms with van der Waals surface area (Å²) in [4.78, 5) is 17.9. The molecule has 1 aliphatic rings. The zero-order valence-corrected chi connectivity index (χ0v) is 17.5. The standard InChI is InChI=1S/C25H29N3O2/c1-2-30-20-15-13-19(14-16-20)26-24-17-22(21-11-7-8-12-23(21)28-24)25(29)27-18-9-5-3-4-6-10-18/h7-8,11-18H,2-6,9-10H2,1H3,(H,26,28)(H,27,29). The quantitative estimate of drug-likeness (QED) is 0.508. The van der Waals surface area contributed by atoms with Gasteiger partial charge in [-0.05, 0) is 56.2 Å². The van der Waals surface area contributed by atoms with E-state index in [1.807, 2.05) is 61.5 Å². The Morgan fingerprint density at radius 3 is 2.50 bits per heavy atom. The number of para-hydroxylation sites is 1. The highest BCUT2D eigenvalue weighted by Crippen LogP contribution is 2.25. The number of hydrogen-bond acceptors (Lipinski definition) is 4. The first kappa shape index (κ1) is 20.2. The van der Waals surface area contributed by atoms with E-state index < -0.39 is 0 Å². The number of anilines is 2. The summed E-state index contributed by atoms with van der Waals surface area (Å²) in [6.07, 6.45) is 7.03. The maximum absolute atomic E-state index is 13.2. The molecule has 1 saturated carbocycles. The summed E-state index contributed by atoms with van der Waals surface area (Å²) in [5.41, 5.74) is 2.37. The van der Waals surface area contributed by atoms with Gasteiger partial charge in [0.15, 0.2) is 0 Å². The summed E-state index contributed by atoms with van der Waals surface area (Å²) in [5.74, 6) is 1.47. The maximum Gasteiger partial charge on any atom is 0.252 e. The van der Waals surface area contributed by atoms with Crippen LogP contribution in [0.5, 0.6) is 5.75 Å². The molecule has 1 aliphatic carbocycles. The average molecular weight is 404 g/mol. The molecule has 1 amide bonds. The first-order valence-corrected chi connectivity index (χ1v) is 10.9. The van der Waals surface area contributed by atoms with Crippen molar-refractivity contribution in [2.45, 2.75) is 51.5 Å². The minimum absolute atomic E-state index is 0.0183. The third-order valence-corrected chi connectivity index (χ3v) is 5.59. The predicted molar refractivity (Wildman–Crippen MR) is 122 cm³/mol. The molecular weight excluding hydrogens is 374 g/mol. The van der Waals surface area contributed by atoms with E-state index in [1.54, 1.807) is 0 Å². The van der Waals surface area contributed by atoms with Gasteiger partial charge in [0.1, 0.15) is 11.6 Å². The zero-order valence-electron chi connectivity index (χ0n) is 17.5.